The standard InChI is InChI=1S/C9H8FN3O2S/c10-8-2-1-7(5-12-8)16(14,15)13-9(6-11)3-4-9/h1-2,5,13H,3-4H2. The molecule has 1 heterocycles. The van der Waals surface area contributed by atoms with Crippen molar-refractivity contribution in [3.8, 4) is 6.07 Å². The van der Waals surface area contributed by atoms with E-state index in [2.05, 4.69) is 9.71 Å². The van der Waals surface area contributed by atoms with Crippen molar-refractivity contribution in [3.63, 3.8) is 0 Å². The van der Waals surface area contributed by atoms with Gasteiger partial charge in [-0.3, -0.25) is 0 Å². The Morgan fingerprint density at radius 3 is 2.62 bits per heavy atom. The quantitative estimate of drug-likeness (QED) is 0.783. The Kier molecular flexibility index (Phi) is 2.40. The maximum absolute atomic E-state index is 12.5. The molecule has 2 rings (SSSR count). The fourth-order valence-electron chi connectivity index (χ4n) is 1.20. The Morgan fingerprint density at radius 2 is 2.19 bits per heavy atom. The predicted octanol–water partition coefficient (Wildman–Crippen LogP) is 0.555. The summed E-state index contributed by atoms with van der Waals surface area (Å²) in [7, 11) is -3.79. The monoisotopic (exact) mass is 241 g/mol. The molecule has 7 heteroatoms. The van der Waals surface area contributed by atoms with E-state index in [-0.39, 0.29) is 4.90 Å². The van der Waals surface area contributed by atoms with Crippen LogP contribution in [0.3, 0.4) is 0 Å². The maximum atomic E-state index is 12.5. The van der Waals surface area contributed by atoms with Crippen molar-refractivity contribution < 1.29 is 12.8 Å². The molecule has 0 bridgehead atoms. The Balaban J connectivity index is 2.27. The molecule has 1 aromatic heterocycles. The number of nitrogens with one attached hydrogen (secondary N) is 1. The zero-order chi connectivity index (χ0) is 11.8. The Bertz CT molecular complexity index is 543. The third-order valence-corrected chi connectivity index (χ3v) is 3.83. The third kappa shape index (κ3) is 2.03. The summed E-state index contributed by atoms with van der Waals surface area (Å²) in [4.78, 5) is 3.11. The molecule has 84 valence electrons. The van der Waals surface area contributed by atoms with E-state index < -0.39 is 21.5 Å². The predicted molar refractivity (Wildman–Crippen MR) is 52.1 cm³/mol. The van der Waals surface area contributed by atoms with E-state index in [1.807, 2.05) is 6.07 Å². The van der Waals surface area contributed by atoms with E-state index in [1.54, 1.807) is 0 Å². The van der Waals surface area contributed by atoms with Gasteiger partial charge >= 0.3 is 0 Å². The molecule has 1 saturated carbocycles. The van der Waals surface area contributed by atoms with Crippen molar-refractivity contribution in [3.05, 3.63) is 24.3 Å². The van der Waals surface area contributed by atoms with Gasteiger partial charge in [0, 0.05) is 0 Å². The lowest BCUT2D eigenvalue weighted by Crippen LogP contribution is -2.35. The number of rotatable bonds is 3. The van der Waals surface area contributed by atoms with E-state index in [1.165, 1.54) is 0 Å². The van der Waals surface area contributed by atoms with Crippen LogP contribution in [0.25, 0.3) is 0 Å². The number of halogens is 1. The Morgan fingerprint density at radius 1 is 1.50 bits per heavy atom. The van der Waals surface area contributed by atoms with Crippen LogP contribution in [0.2, 0.25) is 0 Å². The molecule has 0 saturated heterocycles. The maximum Gasteiger partial charge on any atom is 0.243 e. The fraction of sp³-hybridized carbons (Fsp3) is 0.333. The van der Waals surface area contributed by atoms with E-state index in [0.717, 1.165) is 18.3 Å². The van der Waals surface area contributed by atoms with Gasteiger partial charge in [0.05, 0.1) is 12.3 Å². The minimum Gasteiger partial charge on any atom is -0.227 e. The van der Waals surface area contributed by atoms with Gasteiger partial charge in [0.1, 0.15) is 10.4 Å². The second-order valence-corrected chi connectivity index (χ2v) is 5.30. The van der Waals surface area contributed by atoms with Gasteiger partial charge in [0.25, 0.3) is 0 Å². The Labute approximate surface area is 92.0 Å². The molecule has 5 nitrogen and oxygen atoms in total. The average molecular weight is 241 g/mol. The molecule has 1 aliphatic rings. The summed E-state index contributed by atoms with van der Waals surface area (Å²) < 4.78 is 38.3. The van der Waals surface area contributed by atoms with E-state index in [0.29, 0.717) is 12.8 Å². The average Bonchev–Trinajstić information content (AvgIpc) is 2.98. The van der Waals surface area contributed by atoms with Crippen LogP contribution in [0.15, 0.2) is 23.2 Å². The molecule has 1 aliphatic carbocycles. The number of nitrogens with zero attached hydrogens (tertiary/aromatic N) is 2. The highest BCUT2D eigenvalue weighted by Gasteiger charge is 2.46. The van der Waals surface area contributed by atoms with Crippen molar-refractivity contribution >= 4 is 10.0 Å². The molecule has 1 aromatic rings. The highest BCUT2D eigenvalue weighted by atomic mass is 32.2. The summed E-state index contributed by atoms with van der Waals surface area (Å²) in [6, 6.07) is 3.97. The second kappa shape index (κ2) is 3.50. The highest BCUT2D eigenvalue weighted by Crippen LogP contribution is 2.35. The van der Waals surface area contributed by atoms with Crippen LogP contribution in [-0.4, -0.2) is 18.9 Å². The minimum absolute atomic E-state index is 0.143. The topological polar surface area (TPSA) is 82.9 Å². The SMILES string of the molecule is N#CC1(NS(=O)(=O)c2ccc(F)nc2)CC1. The molecular weight excluding hydrogens is 233 g/mol. The van der Waals surface area contributed by atoms with Crippen LogP contribution in [0.5, 0.6) is 0 Å². The molecule has 0 radical (unpaired) electrons. The van der Waals surface area contributed by atoms with Crippen LogP contribution >= 0.6 is 0 Å². The van der Waals surface area contributed by atoms with Gasteiger partial charge in [-0.1, -0.05) is 0 Å². The van der Waals surface area contributed by atoms with Crippen LogP contribution < -0.4 is 4.72 Å². The first-order valence-corrected chi connectivity index (χ1v) is 6.03. The molecule has 0 aromatic carbocycles. The van der Waals surface area contributed by atoms with E-state index in [9.17, 15) is 12.8 Å². The first-order valence-electron chi connectivity index (χ1n) is 4.54. The molecule has 16 heavy (non-hydrogen) atoms. The van der Waals surface area contributed by atoms with Gasteiger partial charge < -0.3 is 0 Å². The van der Waals surface area contributed by atoms with Crippen molar-refractivity contribution in [2.45, 2.75) is 23.3 Å². The fourth-order valence-corrected chi connectivity index (χ4v) is 2.52. The smallest absolute Gasteiger partial charge is 0.227 e. The minimum atomic E-state index is -3.79. The van der Waals surface area contributed by atoms with E-state index >= 15 is 0 Å². The van der Waals surface area contributed by atoms with Gasteiger partial charge in [-0.25, -0.2) is 13.4 Å². The number of hydrogen-bond acceptors (Lipinski definition) is 4. The van der Waals surface area contributed by atoms with Crippen molar-refractivity contribution in [1.29, 1.82) is 5.26 Å². The lowest BCUT2D eigenvalue weighted by atomic mass is 10.3. The van der Waals surface area contributed by atoms with Gasteiger partial charge in [-0.15, -0.1) is 0 Å². The zero-order valence-electron chi connectivity index (χ0n) is 8.14. The molecule has 0 aliphatic heterocycles. The molecule has 0 amide bonds. The van der Waals surface area contributed by atoms with Crippen molar-refractivity contribution in [1.82, 2.24) is 9.71 Å². The molecular formula is C9H8FN3O2S. The number of sulfonamides is 1. The molecule has 0 atom stereocenters. The summed E-state index contributed by atoms with van der Waals surface area (Å²) >= 11 is 0. The second-order valence-electron chi connectivity index (χ2n) is 3.62. The molecule has 1 fully saturated rings. The molecule has 1 N–H and O–H groups in total. The summed E-state index contributed by atoms with van der Waals surface area (Å²) in [6.07, 6.45) is 1.92. The van der Waals surface area contributed by atoms with Crippen LogP contribution in [-0.2, 0) is 10.0 Å². The normalized spacial score (nSPS) is 17.8. The van der Waals surface area contributed by atoms with Gasteiger partial charge in [-0.05, 0) is 25.0 Å². The van der Waals surface area contributed by atoms with Crippen LogP contribution in [0.1, 0.15) is 12.8 Å². The summed E-state index contributed by atoms with van der Waals surface area (Å²) in [5, 5.41) is 8.76. The van der Waals surface area contributed by atoms with Crippen molar-refractivity contribution in [2.24, 2.45) is 0 Å². The zero-order valence-corrected chi connectivity index (χ0v) is 8.96. The lowest BCUT2D eigenvalue weighted by Gasteiger charge is -2.09. The number of aromatic nitrogens is 1. The van der Waals surface area contributed by atoms with E-state index in [4.69, 9.17) is 5.26 Å². The van der Waals surface area contributed by atoms with Gasteiger partial charge in [0.2, 0.25) is 16.0 Å². The molecule has 0 spiro atoms. The van der Waals surface area contributed by atoms with Gasteiger partial charge in [-0.2, -0.15) is 14.4 Å². The highest BCUT2D eigenvalue weighted by molar-refractivity contribution is 7.89. The number of nitriles is 1. The number of hydrogen-bond donors (Lipinski definition) is 1. The third-order valence-electron chi connectivity index (χ3n) is 2.30. The van der Waals surface area contributed by atoms with Crippen LogP contribution in [0, 0.1) is 17.3 Å². The molecule has 0 unspecified atom stereocenters. The van der Waals surface area contributed by atoms with Crippen LogP contribution in [0.4, 0.5) is 4.39 Å². The van der Waals surface area contributed by atoms with Crippen molar-refractivity contribution in [2.75, 3.05) is 0 Å². The summed E-state index contributed by atoms with van der Waals surface area (Å²) in [5.41, 5.74) is -0.979. The summed E-state index contributed by atoms with van der Waals surface area (Å²) in [5.74, 6) is -0.750. The Hall–Kier alpha value is -1.52. The first kappa shape index (κ1) is 11.0. The summed E-state index contributed by atoms with van der Waals surface area (Å²) in [6.45, 7) is 0. The lowest BCUT2D eigenvalue weighted by molar-refractivity contribution is 0.564. The van der Waals surface area contributed by atoms with Gasteiger partial charge in [0.15, 0.2) is 0 Å². The number of pyridine rings is 1. The first-order chi connectivity index (χ1) is 7.47. The largest absolute Gasteiger partial charge is 0.243 e.